The number of carbonyl (C=O) groups excluding carboxylic acids is 3. The minimum absolute atomic E-state index is 0.0307. The summed E-state index contributed by atoms with van der Waals surface area (Å²) in [7, 11) is 0. The van der Waals surface area contributed by atoms with Gasteiger partial charge in [0.05, 0.1) is 30.3 Å². The van der Waals surface area contributed by atoms with Crippen molar-refractivity contribution in [1.82, 2.24) is 4.90 Å². The SMILES string of the molecule is C=CCOC(=O)N1c2cc(OCc3cccc(CC(=O)OCC)c3)c(C)cc2C(=O)N2CCCC[C@H]2C1O. The van der Waals surface area contributed by atoms with Crippen molar-refractivity contribution in [3.8, 4) is 5.75 Å². The number of nitrogens with zero attached hydrogens (tertiary/aromatic N) is 2. The van der Waals surface area contributed by atoms with Crippen LogP contribution in [0.15, 0.2) is 49.1 Å². The van der Waals surface area contributed by atoms with E-state index >= 15 is 0 Å². The largest absolute Gasteiger partial charge is 0.489 e. The lowest BCUT2D eigenvalue weighted by atomic mass is 10.00. The molecule has 2 aliphatic rings. The number of hydrogen-bond donors (Lipinski definition) is 1. The molecule has 2 aromatic rings. The van der Waals surface area contributed by atoms with Crippen LogP contribution in [0.5, 0.6) is 5.75 Å². The first-order chi connectivity index (χ1) is 18.3. The minimum atomic E-state index is -1.27. The monoisotopic (exact) mass is 522 g/mol. The number of carbonyl (C=O) groups is 3. The number of hydrogen-bond acceptors (Lipinski definition) is 7. The van der Waals surface area contributed by atoms with E-state index in [0.717, 1.165) is 28.9 Å². The maximum absolute atomic E-state index is 13.6. The fourth-order valence-corrected chi connectivity index (χ4v) is 4.97. The molecule has 0 bridgehead atoms. The maximum atomic E-state index is 13.6. The molecular formula is C29H34N2O7. The van der Waals surface area contributed by atoms with Crippen LogP contribution in [0.1, 0.15) is 53.2 Å². The van der Waals surface area contributed by atoms with E-state index in [1.165, 1.54) is 6.08 Å². The Morgan fingerprint density at radius 1 is 1.16 bits per heavy atom. The number of aliphatic hydroxyl groups is 1. The first kappa shape index (κ1) is 27.2. The normalized spacial score (nSPS) is 18.7. The van der Waals surface area contributed by atoms with Gasteiger partial charge >= 0.3 is 12.1 Å². The second-order valence-corrected chi connectivity index (χ2v) is 9.44. The standard InChI is InChI=1S/C29H34N2O7/c1-4-13-37-29(35)31-24-17-25(38-18-21-10-8-9-20(15-21)16-26(32)36-5-2)19(3)14-22(24)27(33)30-12-7-6-11-23(30)28(31)34/h4,8-10,14-15,17,23,28,34H,1,5-7,11-13,16,18H2,2-3H3/t23-,28?/m0/s1. The maximum Gasteiger partial charge on any atom is 0.416 e. The predicted octanol–water partition coefficient (Wildman–Crippen LogP) is 4.14. The van der Waals surface area contributed by atoms with Crippen LogP contribution in [0.25, 0.3) is 0 Å². The second kappa shape index (κ2) is 12.1. The average Bonchev–Trinajstić information content (AvgIpc) is 2.99. The fourth-order valence-electron chi connectivity index (χ4n) is 4.97. The van der Waals surface area contributed by atoms with Crippen LogP contribution in [0.3, 0.4) is 0 Å². The van der Waals surface area contributed by atoms with Crippen molar-refractivity contribution in [2.24, 2.45) is 0 Å². The van der Waals surface area contributed by atoms with Crippen molar-refractivity contribution < 1.29 is 33.7 Å². The second-order valence-electron chi connectivity index (χ2n) is 9.44. The number of benzene rings is 2. The van der Waals surface area contributed by atoms with E-state index in [2.05, 4.69) is 6.58 Å². The Kier molecular flexibility index (Phi) is 8.68. The number of aryl methyl sites for hydroxylation is 1. The molecule has 2 amide bonds. The summed E-state index contributed by atoms with van der Waals surface area (Å²) in [5, 5.41) is 11.3. The van der Waals surface area contributed by atoms with Gasteiger partial charge < -0.3 is 24.2 Å². The van der Waals surface area contributed by atoms with Crippen LogP contribution >= 0.6 is 0 Å². The molecule has 2 atom stereocenters. The first-order valence-electron chi connectivity index (χ1n) is 12.9. The van der Waals surface area contributed by atoms with E-state index in [4.69, 9.17) is 14.2 Å². The first-order valence-corrected chi connectivity index (χ1v) is 12.9. The van der Waals surface area contributed by atoms with Gasteiger partial charge in [0.2, 0.25) is 0 Å². The predicted molar refractivity (Wildman–Crippen MR) is 141 cm³/mol. The Hall–Kier alpha value is -3.85. The van der Waals surface area contributed by atoms with Crippen LogP contribution < -0.4 is 9.64 Å². The van der Waals surface area contributed by atoms with Gasteiger partial charge in [0.15, 0.2) is 6.23 Å². The van der Waals surface area contributed by atoms with Gasteiger partial charge in [-0.1, -0.05) is 36.9 Å². The van der Waals surface area contributed by atoms with Crippen LogP contribution in [0.2, 0.25) is 0 Å². The molecule has 0 aromatic heterocycles. The zero-order valence-corrected chi connectivity index (χ0v) is 21.9. The Balaban J connectivity index is 1.64. The molecule has 1 fully saturated rings. The van der Waals surface area contributed by atoms with E-state index in [9.17, 15) is 19.5 Å². The summed E-state index contributed by atoms with van der Waals surface area (Å²) in [4.78, 5) is 41.3. The average molecular weight is 523 g/mol. The zero-order valence-electron chi connectivity index (χ0n) is 21.9. The van der Waals surface area contributed by atoms with Crippen molar-refractivity contribution in [3.05, 3.63) is 71.3 Å². The number of piperidine rings is 1. The molecule has 4 rings (SSSR count). The summed E-state index contributed by atoms with van der Waals surface area (Å²) in [6.07, 6.45) is 1.84. The van der Waals surface area contributed by atoms with Gasteiger partial charge in [-0.25, -0.2) is 9.69 Å². The highest BCUT2D eigenvalue weighted by Gasteiger charge is 2.43. The highest BCUT2D eigenvalue weighted by Crippen LogP contribution is 2.38. The van der Waals surface area contributed by atoms with E-state index in [1.54, 1.807) is 24.0 Å². The molecule has 38 heavy (non-hydrogen) atoms. The van der Waals surface area contributed by atoms with Gasteiger partial charge in [-0.15, -0.1) is 0 Å². The number of aliphatic hydroxyl groups excluding tert-OH is 1. The summed E-state index contributed by atoms with van der Waals surface area (Å²) in [5.74, 6) is -0.0693. The molecule has 9 nitrogen and oxygen atoms in total. The number of esters is 1. The van der Waals surface area contributed by atoms with Gasteiger partial charge in [-0.05, 0) is 55.9 Å². The lowest BCUT2D eigenvalue weighted by Gasteiger charge is -2.38. The smallest absolute Gasteiger partial charge is 0.416 e. The molecule has 1 unspecified atom stereocenters. The van der Waals surface area contributed by atoms with Gasteiger partial charge in [0.25, 0.3) is 5.91 Å². The molecule has 9 heteroatoms. The molecule has 0 spiro atoms. The minimum Gasteiger partial charge on any atom is -0.489 e. The molecule has 1 N–H and O–H groups in total. The lowest BCUT2D eigenvalue weighted by molar-refractivity contribution is -0.142. The Morgan fingerprint density at radius 2 is 1.95 bits per heavy atom. The van der Waals surface area contributed by atoms with Crippen molar-refractivity contribution in [1.29, 1.82) is 0 Å². The molecular weight excluding hydrogens is 488 g/mol. The fraction of sp³-hybridized carbons (Fsp3) is 0.414. The molecule has 0 aliphatic carbocycles. The van der Waals surface area contributed by atoms with Crippen LogP contribution in [-0.2, 0) is 27.3 Å². The number of anilines is 1. The Labute approximate surface area is 222 Å². The number of ether oxygens (including phenoxy) is 3. The highest BCUT2D eigenvalue weighted by molar-refractivity contribution is 6.05. The van der Waals surface area contributed by atoms with E-state index in [1.807, 2.05) is 31.2 Å². The molecule has 0 radical (unpaired) electrons. The summed E-state index contributed by atoms with van der Waals surface area (Å²) in [5.41, 5.74) is 2.92. The van der Waals surface area contributed by atoms with Crippen molar-refractivity contribution in [3.63, 3.8) is 0 Å². The third-order valence-corrected chi connectivity index (χ3v) is 6.76. The van der Waals surface area contributed by atoms with Crippen LogP contribution in [0.4, 0.5) is 10.5 Å². The number of rotatable bonds is 8. The molecule has 2 aliphatic heterocycles. The highest BCUT2D eigenvalue weighted by atomic mass is 16.6. The topological polar surface area (TPSA) is 106 Å². The van der Waals surface area contributed by atoms with Gasteiger partial charge in [-0.3, -0.25) is 9.59 Å². The van der Waals surface area contributed by atoms with E-state index < -0.39 is 18.4 Å². The summed E-state index contributed by atoms with van der Waals surface area (Å²) in [6, 6.07) is 10.2. The van der Waals surface area contributed by atoms with Gasteiger partial charge in [0, 0.05) is 12.6 Å². The van der Waals surface area contributed by atoms with Crippen molar-refractivity contribution in [2.75, 3.05) is 24.7 Å². The third-order valence-electron chi connectivity index (χ3n) is 6.76. The molecule has 0 saturated carbocycles. The molecule has 1 saturated heterocycles. The number of fused-ring (bicyclic) bond motifs is 2. The summed E-state index contributed by atoms with van der Waals surface area (Å²) in [6.45, 7) is 8.18. The van der Waals surface area contributed by atoms with Crippen LogP contribution in [0, 0.1) is 6.92 Å². The van der Waals surface area contributed by atoms with Gasteiger partial charge in [0.1, 0.15) is 19.0 Å². The Bertz CT molecular complexity index is 1210. The summed E-state index contributed by atoms with van der Waals surface area (Å²) < 4.78 is 16.4. The molecule has 2 heterocycles. The lowest BCUT2D eigenvalue weighted by Crippen LogP contribution is -2.55. The third kappa shape index (κ3) is 5.83. The van der Waals surface area contributed by atoms with Crippen LogP contribution in [-0.4, -0.2) is 60.0 Å². The van der Waals surface area contributed by atoms with E-state index in [-0.39, 0.29) is 37.2 Å². The molecule has 202 valence electrons. The zero-order chi connectivity index (χ0) is 27.2. The Morgan fingerprint density at radius 3 is 2.71 bits per heavy atom. The van der Waals surface area contributed by atoms with E-state index in [0.29, 0.717) is 36.4 Å². The van der Waals surface area contributed by atoms with Gasteiger partial charge in [-0.2, -0.15) is 0 Å². The summed E-state index contributed by atoms with van der Waals surface area (Å²) >= 11 is 0. The van der Waals surface area contributed by atoms with Crippen molar-refractivity contribution >= 4 is 23.7 Å². The quantitative estimate of drug-likeness (QED) is 0.410. The molecule has 2 aromatic carbocycles. The van der Waals surface area contributed by atoms with Crippen molar-refractivity contribution in [2.45, 2.75) is 58.4 Å². The number of amides is 2.